The highest BCUT2D eigenvalue weighted by Crippen LogP contribution is 2.30. The maximum Gasteiger partial charge on any atom is 0.319 e. The van der Waals surface area contributed by atoms with Gasteiger partial charge in [0.1, 0.15) is 0 Å². The number of hydrogen-bond acceptors (Lipinski definition) is 4. The Morgan fingerprint density at radius 3 is 2.39 bits per heavy atom. The third-order valence-electron chi connectivity index (χ3n) is 4.59. The molecule has 0 spiro atoms. The molecule has 144 valence electrons. The average molecular weight is 380 g/mol. The number of carbonyl (C=O) groups is 2. The molecule has 1 aliphatic heterocycles. The highest BCUT2D eigenvalue weighted by Gasteiger charge is 2.32. The van der Waals surface area contributed by atoms with Crippen molar-refractivity contribution in [2.75, 3.05) is 5.32 Å². The van der Waals surface area contributed by atoms with E-state index in [9.17, 15) is 19.7 Å². The van der Waals surface area contributed by atoms with E-state index in [1.807, 2.05) is 32.0 Å². The Morgan fingerprint density at radius 2 is 1.79 bits per heavy atom. The third-order valence-corrected chi connectivity index (χ3v) is 4.59. The molecule has 0 unspecified atom stereocenters. The number of amides is 3. The summed E-state index contributed by atoms with van der Waals surface area (Å²) >= 11 is 0. The molecule has 0 bridgehead atoms. The summed E-state index contributed by atoms with van der Waals surface area (Å²) < 4.78 is 0. The number of carbonyl (C=O) groups excluding carboxylic acids is 2. The molecule has 0 aliphatic carbocycles. The van der Waals surface area contributed by atoms with Crippen molar-refractivity contribution in [2.24, 2.45) is 0 Å². The van der Waals surface area contributed by atoms with Gasteiger partial charge in [0.25, 0.3) is 11.6 Å². The number of rotatable bonds is 4. The minimum absolute atomic E-state index is 0.0619. The number of nitro benzene ring substituents is 1. The fraction of sp³-hybridized carbons (Fsp3) is 0.200. The van der Waals surface area contributed by atoms with E-state index >= 15 is 0 Å². The van der Waals surface area contributed by atoms with Crippen LogP contribution in [0, 0.1) is 24.0 Å². The van der Waals surface area contributed by atoms with Crippen LogP contribution in [0.5, 0.6) is 0 Å². The summed E-state index contributed by atoms with van der Waals surface area (Å²) in [5.74, 6) is -0.399. The number of nitrogens with one attached hydrogen (secondary N) is 3. The number of urea groups is 1. The first-order valence-electron chi connectivity index (χ1n) is 8.67. The van der Waals surface area contributed by atoms with Crippen LogP contribution in [-0.4, -0.2) is 16.9 Å². The molecule has 3 amide bonds. The summed E-state index contributed by atoms with van der Waals surface area (Å²) in [7, 11) is 0. The summed E-state index contributed by atoms with van der Waals surface area (Å²) in [6.45, 7) is 5.57. The number of non-ortho nitro benzene ring substituents is 1. The Balaban J connectivity index is 1.93. The zero-order valence-electron chi connectivity index (χ0n) is 15.7. The SMILES string of the molecule is CC1=C(C(=O)Nc2ccc([N+](=O)[O-])cc2)[C@@H](c2ccc(C)cc2C)NC(=O)N1. The summed E-state index contributed by atoms with van der Waals surface area (Å²) in [6.07, 6.45) is 0. The van der Waals surface area contributed by atoms with Gasteiger partial charge in [-0.2, -0.15) is 0 Å². The van der Waals surface area contributed by atoms with E-state index in [1.165, 1.54) is 24.3 Å². The van der Waals surface area contributed by atoms with E-state index in [2.05, 4.69) is 16.0 Å². The molecule has 28 heavy (non-hydrogen) atoms. The normalized spacial score (nSPS) is 16.2. The molecule has 8 heteroatoms. The predicted molar refractivity (Wildman–Crippen MR) is 105 cm³/mol. The van der Waals surface area contributed by atoms with Crippen molar-refractivity contribution in [1.82, 2.24) is 10.6 Å². The first kappa shape index (κ1) is 19.1. The number of benzene rings is 2. The van der Waals surface area contributed by atoms with Gasteiger partial charge in [0.2, 0.25) is 0 Å². The highest BCUT2D eigenvalue weighted by atomic mass is 16.6. The molecule has 2 aromatic carbocycles. The number of allylic oxidation sites excluding steroid dienone is 1. The Labute approximate surface area is 161 Å². The fourth-order valence-corrected chi connectivity index (χ4v) is 3.24. The van der Waals surface area contributed by atoms with Crippen molar-refractivity contribution in [2.45, 2.75) is 26.8 Å². The van der Waals surface area contributed by atoms with E-state index in [-0.39, 0.29) is 11.7 Å². The number of nitrogens with zero attached hydrogens (tertiary/aromatic N) is 1. The maximum atomic E-state index is 13.0. The van der Waals surface area contributed by atoms with E-state index < -0.39 is 16.9 Å². The van der Waals surface area contributed by atoms with Crippen LogP contribution in [0.2, 0.25) is 0 Å². The van der Waals surface area contributed by atoms with E-state index in [0.717, 1.165) is 16.7 Å². The average Bonchev–Trinajstić information content (AvgIpc) is 2.61. The maximum absolute atomic E-state index is 13.0. The highest BCUT2D eigenvalue weighted by molar-refractivity contribution is 6.06. The number of anilines is 1. The second kappa shape index (κ2) is 7.51. The van der Waals surface area contributed by atoms with E-state index in [0.29, 0.717) is 17.0 Å². The summed E-state index contributed by atoms with van der Waals surface area (Å²) in [6, 6.07) is 10.4. The fourth-order valence-electron chi connectivity index (χ4n) is 3.24. The van der Waals surface area contributed by atoms with Gasteiger partial charge in [-0.05, 0) is 44.0 Å². The van der Waals surface area contributed by atoms with E-state index in [1.54, 1.807) is 6.92 Å². The van der Waals surface area contributed by atoms with Crippen LogP contribution in [0.4, 0.5) is 16.2 Å². The van der Waals surface area contributed by atoms with Crippen molar-refractivity contribution in [3.8, 4) is 0 Å². The van der Waals surface area contributed by atoms with Crippen molar-refractivity contribution >= 4 is 23.3 Å². The van der Waals surface area contributed by atoms with Crippen LogP contribution in [0.25, 0.3) is 0 Å². The van der Waals surface area contributed by atoms with Crippen LogP contribution in [0.1, 0.15) is 29.7 Å². The molecule has 0 saturated carbocycles. The van der Waals surface area contributed by atoms with Crippen LogP contribution < -0.4 is 16.0 Å². The topological polar surface area (TPSA) is 113 Å². The van der Waals surface area contributed by atoms with Gasteiger partial charge in [0.15, 0.2) is 0 Å². The summed E-state index contributed by atoms with van der Waals surface area (Å²) in [5.41, 5.74) is 4.06. The largest absolute Gasteiger partial charge is 0.327 e. The van der Waals surface area contributed by atoms with Crippen molar-refractivity contribution in [1.29, 1.82) is 0 Å². The first-order valence-corrected chi connectivity index (χ1v) is 8.67. The second-order valence-electron chi connectivity index (χ2n) is 6.69. The van der Waals surface area contributed by atoms with Gasteiger partial charge in [-0.1, -0.05) is 23.8 Å². The van der Waals surface area contributed by atoms with Gasteiger partial charge in [-0.25, -0.2) is 4.79 Å². The molecule has 0 fully saturated rings. The first-order chi connectivity index (χ1) is 13.3. The van der Waals surface area contributed by atoms with Gasteiger partial charge >= 0.3 is 6.03 Å². The zero-order chi connectivity index (χ0) is 20.4. The Hall–Kier alpha value is -3.68. The van der Waals surface area contributed by atoms with Crippen LogP contribution in [0.3, 0.4) is 0 Å². The molecular weight excluding hydrogens is 360 g/mol. The van der Waals surface area contributed by atoms with Gasteiger partial charge in [0.05, 0.1) is 16.5 Å². The van der Waals surface area contributed by atoms with Crippen molar-refractivity contribution in [3.05, 3.63) is 80.5 Å². The molecule has 2 aromatic rings. The second-order valence-corrected chi connectivity index (χ2v) is 6.69. The Morgan fingerprint density at radius 1 is 1.11 bits per heavy atom. The molecule has 0 radical (unpaired) electrons. The number of hydrogen-bond donors (Lipinski definition) is 3. The van der Waals surface area contributed by atoms with Gasteiger partial charge in [0, 0.05) is 23.5 Å². The van der Waals surface area contributed by atoms with Gasteiger partial charge < -0.3 is 16.0 Å². The lowest BCUT2D eigenvalue weighted by Gasteiger charge is -2.29. The predicted octanol–water partition coefficient (Wildman–Crippen LogP) is 3.48. The third kappa shape index (κ3) is 3.85. The standard InChI is InChI=1S/C20H20N4O4/c1-11-4-9-16(12(2)10-11)18-17(13(3)21-20(26)23-18)19(25)22-14-5-7-15(8-6-14)24(27)28/h4-10,18H,1-3H3,(H,22,25)(H2,21,23,26)/t18-/m1/s1. The zero-order valence-corrected chi connectivity index (χ0v) is 15.7. The lowest BCUT2D eigenvalue weighted by molar-refractivity contribution is -0.384. The molecule has 8 nitrogen and oxygen atoms in total. The lowest BCUT2D eigenvalue weighted by atomic mass is 9.91. The summed E-state index contributed by atoms with van der Waals surface area (Å²) in [4.78, 5) is 35.3. The minimum Gasteiger partial charge on any atom is -0.327 e. The Kier molecular flexibility index (Phi) is 5.12. The minimum atomic E-state index is -0.604. The molecule has 1 aliphatic rings. The smallest absolute Gasteiger partial charge is 0.319 e. The van der Waals surface area contributed by atoms with E-state index in [4.69, 9.17) is 0 Å². The Bertz CT molecular complexity index is 996. The molecule has 3 rings (SSSR count). The van der Waals surface area contributed by atoms with Gasteiger partial charge in [-0.15, -0.1) is 0 Å². The molecule has 1 heterocycles. The van der Waals surface area contributed by atoms with Crippen molar-refractivity contribution in [3.63, 3.8) is 0 Å². The molecular formula is C20H20N4O4. The lowest BCUT2D eigenvalue weighted by Crippen LogP contribution is -2.46. The molecule has 0 saturated heterocycles. The molecule has 3 N–H and O–H groups in total. The van der Waals surface area contributed by atoms with Crippen LogP contribution in [0.15, 0.2) is 53.7 Å². The summed E-state index contributed by atoms with van der Waals surface area (Å²) in [5, 5.41) is 19.0. The number of aryl methyl sites for hydroxylation is 2. The quantitative estimate of drug-likeness (QED) is 0.556. The van der Waals surface area contributed by atoms with Gasteiger partial charge in [-0.3, -0.25) is 14.9 Å². The molecule has 1 atom stereocenters. The monoisotopic (exact) mass is 380 g/mol. The van der Waals surface area contributed by atoms with Crippen molar-refractivity contribution < 1.29 is 14.5 Å². The number of nitro groups is 1. The molecule has 0 aromatic heterocycles. The van der Waals surface area contributed by atoms with Crippen LogP contribution in [-0.2, 0) is 4.79 Å². The van der Waals surface area contributed by atoms with Crippen LogP contribution >= 0.6 is 0 Å².